The van der Waals surface area contributed by atoms with Crippen molar-refractivity contribution in [1.82, 2.24) is 0 Å². The largest absolute Gasteiger partial charge is 0.416 e. The van der Waals surface area contributed by atoms with Crippen molar-refractivity contribution < 1.29 is 17.9 Å². The smallest absolute Gasteiger partial charge is 0.374 e. The Morgan fingerprint density at radius 2 is 2.11 bits per heavy atom. The second kappa shape index (κ2) is 5.28. The summed E-state index contributed by atoms with van der Waals surface area (Å²) in [5.74, 6) is 0.332. The lowest BCUT2D eigenvalue weighted by Gasteiger charge is -2.29. The molecule has 2 atom stereocenters. The molecule has 1 saturated heterocycles. The fraction of sp³-hybridized carbons (Fsp3) is 0.538. The third-order valence-corrected chi connectivity index (χ3v) is 3.31. The molecule has 5 heteroatoms. The molecule has 100 valence electrons. The van der Waals surface area contributed by atoms with Crippen LogP contribution in [0, 0.1) is 5.92 Å². The summed E-state index contributed by atoms with van der Waals surface area (Å²) in [5.41, 5.74) is 5.57. The number of ether oxygens (including phenoxy) is 1. The molecule has 2 N–H and O–H groups in total. The van der Waals surface area contributed by atoms with Crippen molar-refractivity contribution in [3.63, 3.8) is 0 Å². The quantitative estimate of drug-likeness (QED) is 0.885. The highest BCUT2D eigenvalue weighted by molar-refractivity contribution is 5.27. The van der Waals surface area contributed by atoms with Gasteiger partial charge in [-0.1, -0.05) is 12.1 Å². The molecule has 1 aliphatic heterocycles. The van der Waals surface area contributed by atoms with E-state index in [0.717, 1.165) is 12.5 Å². The van der Waals surface area contributed by atoms with E-state index in [0.29, 0.717) is 31.1 Å². The van der Waals surface area contributed by atoms with Gasteiger partial charge in [-0.15, -0.1) is 0 Å². The Balaban J connectivity index is 2.18. The monoisotopic (exact) mass is 259 g/mol. The van der Waals surface area contributed by atoms with Crippen LogP contribution in [0.3, 0.4) is 0 Å². The fourth-order valence-corrected chi connectivity index (χ4v) is 2.23. The summed E-state index contributed by atoms with van der Waals surface area (Å²) in [6.45, 7) is 1.11. The third-order valence-electron chi connectivity index (χ3n) is 3.31. The van der Waals surface area contributed by atoms with Crippen LogP contribution in [-0.4, -0.2) is 13.2 Å². The minimum Gasteiger partial charge on any atom is -0.374 e. The standard InChI is InChI=1S/C13H16F3NO/c14-13(15,16)11-3-1-2-10(7-11)12-6-9(8-17)4-5-18-12/h1-3,7,9,12H,4-6,8,17H2. The summed E-state index contributed by atoms with van der Waals surface area (Å²) in [6.07, 6.45) is -3.00. The van der Waals surface area contributed by atoms with Gasteiger partial charge >= 0.3 is 6.18 Å². The van der Waals surface area contributed by atoms with Gasteiger partial charge in [0.15, 0.2) is 0 Å². The average molecular weight is 259 g/mol. The van der Waals surface area contributed by atoms with E-state index < -0.39 is 11.7 Å². The van der Waals surface area contributed by atoms with Crippen molar-refractivity contribution in [2.75, 3.05) is 13.2 Å². The van der Waals surface area contributed by atoms with Crippen molar-refractivity contribution in [3.05, 3.63) is 35.4 Å². The molecule has 1 aromatic rings. The highest BCUT2D eigenvalue weighted by Gasteiger charge is 2.31. The van der Waals surface area contributed by atoms with Gasteiger partial charge in [0, 0.05) is 6.61 Å². The van der Waals surface area contributed by atoms with Crippen LogP contribution in [-0.2, 0) is 10.9 Å². The first-order valence-corrected chi connectivity index (χ1v) is 5.99. The van der Waals surface area contributed by atoms with E-state index >= 15 is 0 Å². The molecule has 0 saturated carbocycles. The first-order valence-electron chi connectivity index (χ1n) is 5.99. The number of alkyl halides is 3. The zero-order valence-electron chi connectivity index (χ0n) is 9.91. The van der Waals surface area contributed by atoms with Crippen molar-refractivity contribution in [2.24, 2.45) is 11.7 Å². The van der Waals surface area contributed by atoms with Gasteiger partial charge in [0.05, 0.1) is 11.7 Å². The zero-order valence-corrected chi connectivity index (χ0v) is 9.91. The van der Waals surface area contributed by atoms with Crippen LogP contribution in [0.2, 0.25) is 0 Å². The Labute approximate surface area is 104 Å². The second-order valence-electron chi connectivity index (χ2n) is 4.61. The van der Waals surface area contributed by atoms with Crippen molar-refractivity contribution in [2.45, 2.75) is 25.1 Å². The predicted octanol–water partition coefficient (Wildman–Crippen LogP) is 3.13. The zero-order chi connectivity index (χ0) is 13.2. The van der Waals surface area contributed by atoms with Crippen LogP contribution in [0.15, 0.2) is 24.3 Å². The molecule has 0 aliphatic carbocycles. The molecule has 1 heterocycles. The van der Waals surface area contributed by atoms with Crippen LogP contribution in [0.25, 0.3) is 0 Å². The van der Waals surface area contributed by atoms with E-state index in [9.17, 15) is 13.2 Å². The maximum Gasteiger partial charge on any atom is 0.416 e. The second-order valence-corrected chi connectivity index (χ2v) is 4.61. The van der Waals surface area contributed by atoms with Gasteiger partial charge in [0.1, 0.15) is 0 Å². The number of hydrogen-bond acceptors (Lipinski definition) is 2. The molecule has 0 aromatic heterocycles. The van der Waals surface area contributed by atoms with E-state index in [1.807, 2.05) is 0 Å². The highest BCUT2D eigenvalue weighted by Crippen LogP contribution is 2.35. The summed E-state index contributed by atoms with van der Waals surface area (Å²) >= 11 is 0. The van der Waals surface area contributed by atoms with Crippen LogP contribution < -0.4 is 5.73 Å². The molecule has 0 bridgehead atoms. The summed E-state index contributed by atoms with van der Waals surface area (Å²) < 4.78 is 43.4. The topological polar surface area (TPSA) is 35.2 Å². The first-order chi connectivity index (χ1) is 8.50. The molecule has 2 rings (SSSR count). The molecule has 1 fully saturated rings. The molecule has 0 spiro atoms. The summed E-state index contributed by atoms with van der Waals surface area (Å²) in [7, 11) is 0. The Morgan fingerprint density at radius 3 is 2.78 bits per heavy atom. The van der Waals surface area contributed by atoms with E-state index in [1.54, 1.807) is 6.07 Å². The average Bonchev–Trinajstić information content (AvgIpc) is 2.38. The molecule has 2 unspecified atom stereocenters. The van der Waals surface area contributed by atoms with Gasteiger partial charge in [-0.2, -0.15) is 13.2 Å². The van der Waals surface area contributed by atoms with E-state index in [-0.39, 0.29) is 6.10 Å². The van der Waals surface area contributed by atoms with E-state index in [4.69, 9.17) is 10.5 Å². The Bertz CT molecular complexity index is 405. The summed E-state index contributed by atoms with van der Waals surface area (Å²) in [5, 5.41) is 0. The highest BCUT2D eigenvalue weighted by atomic mass is 19.4. The van der Waals surface area contributed by atoms with Crippen LogP contribution >= 0.6 is 0 Å². The number of nitrogens with two attached hydrogens (primary N) is 1. The minimum atomic E-state index is -4.31. The number of halogens is 3. The lowest BCUT2D eigenvalue weighted by atomic mass is 9.91. The summed E-state index contributed by atoms with van der Waals surface area (Å²) in [4.78, 5) is 0. The molecule has 1 aliphatic rings. The molecule has 0 radical (unpaired) electrons. The molecular weight excluding hydrogens is 243 g/mol. The SMILES string of the molecule is NCC1CCOC(c2cccc(C(F)(F)F)c2)C1. The van der Waals surface area contributed by atoms with Gasteiger partial charge in [0.25, 0.3) is 0 Å². The van der Waals surface area contributed by atoms with Crippen LogP contribution in [0.1, 0.15) is 30.1 Å². The van der Waals surface area contributed by atoms with Crippen LogP contribution in [0.5, 0.6) is 0 Å². The Kier molecular flexibility index (Phi) is 3.92. The normalized spacial score (nSPS) is 25.1. The number of hydrogen-bond donors (Lipinski definition) is 1. The maximum atomic E-state index is 12.6. The van der Waals surface area contributed by atoms with E-state index in [1.165, 1.54) is 12.1 Å². The molecule has 2 nitrogen and oxygen atoms in total. The number of rotatable bonds is 2. The van der Waals surface area contributed by atoms with Gasteiger partial charge in [-0.3, -0.25) is 0 Å². The van der Waals surface area contributed by atoms with Crippen molar-refractivity contribution >= 4 is 0 Å². The van der Waals surface area contributed by atoms with Gasteiger partial charge in [-0.05, 0) is 43.0 Å². The van der Waals surface area contributed by atoms with Gasteiger partial charge < -0.3 is 10.5 Å². The lowest BCUT2D eigenvalue weighted by Crippen LogP contribution is -2.25. The predicted molar refractivity (Wildman–Crippen MR) is 61.9 cm³/mol. The molecule has 0 amide bonds. The third kappa shape index (κ3) is 3.03. The van der Waals surface area contributed by atoms with Crippen molar-refractivity contribution in [1.29, 1.82) is 0 Å². The van der Waals surface area contributed by atoms with Gasteiger partial charge in [0.2, 0.25) is 0 Å². The van der Waals surface area contributed by atoms with E-state index in [2.05, 4.69) is 0 Å². The number of benzene rings is 1. The fourth-order valence-electron chi connectivity index (χ4n) is 2.23. The summed E-state index contributed by atoms with van der Waals surface area (Å²) in [6, 6.07) is 5.35. The molecular formula is C13H16F3NO. The van der Waals surface area contributed by atoms with Gasteiger partial charge in [-0.25, -0.2) is 0 Å². The Morgan fingerprint density at radius 1 is 1.33 bits per heavy atom. The van der Waals surface area contributed by atoms with Crippen LogP contribution in [0.4, 0.5) is 13.2 Å². The van der Waals surface area contributed by atoms with Crippen molar-refractivity contribution in [3.8, 4) is 0 Å². The molecule has 18 heavy (non-hydrogen) atoms. The molecule has 1 aromatic carbocycles. The minimum absolute atomic E-state index is 0.269. The maximum absolute atomic E-state index is 12.6. The lowest BCUT2D eigenvalue weighted by molar-refractivity contribution is -0.137. The Hall–Kier alpha value is -1.07. The first kappa shape index (κ1) is 13.4.